The molecule has 2 N–H and O–H groups in total. The van der Waals surface area contributed by atoms with Gasteiger partial charge >= 0.3 is 0 Å². The first kappa shape index (κ1) is 15.8. The molecule has 3 rings (SSSR count). The van der Waals surface area contributed by atoms with Gasteiger partial charge in [0, 0.05) is 45.2 Å². The Hall–Kier alpha value is -2.11. The number of aromatic nitrogens is 1. The van der Waals surface area contributed by atoms with Crippen LogP contribution in [0.25, 0.3) is 0 Å². The second-order valence-electron chi connectivity index (χ2n) is 5.88. The van der Waals surface area contributed by atoms with Crippen LogP contribution in [0.1, 0.15) is 22.3 Å². The predicted molar refractivity (Wildman–Crippen MR) is 89.2 cm³/mol. The summed E-state index contributed by atoms with van der Waals surface area (Å²) in [5.74, 6) is -0.0614. The number of nitrogens with zero attached hydrogens (tertiary/aromatic N) is 1. The smallest absolute Gasteiger partial charge is 0.252 e. The standard InChI is InChI=1S/C18H23N3O2/c22-18(16-7-8-19-11-16)20-12-17-14-21(9-4-10-23-17)13-15-5-2-1-3-6-15/h1-3,5-8,11,17,19H,4,9-10,12-14H2,(H,20,22). The second-order valence-corrected chi connectivity index (χ2v) is 5.88. The number of rotatable bonds is 5. The van der Waals surface area contributed by atoms with Gasteiger partial charge in [-0.3, -0.25) is 9.69 Å². The number of H-pyrrole nitrogens is 1. The fourth-order valence-corrected chi connectivity index (χ4v) is 2.85. The number of benzene rings is 1. The van der Waals surface area contributed by atoms with E-state index in [4.69, 9.17) is 4.74 Å². The number of nitrogens with one attached hydrogen (secondary N) is 2. The van der Waals surface area contributed by atoms with Gasteiger partial charge in [0.1, 0.15) is 0 Å². The Morgan fingerprint density at radius 2 is 2.17 bits per heavy atom. The molecule has 1 fully saturated rings. The second kappa shape index (κ2) is 7.94. The monoisotopic (exact) mass is 313 g/mol. The van der Waals surface area contributed by atoms with Crippen molar-refractivity contribution in [2.24, 2.45) is 0 Å². The Labute approximate surface area is 136 Å². The number of amides is 1. The molecule has 2 heterocycles. The molecule has 0 aliphatic carbocycles. The Bertz CT molecular complexity index is 598. The Balaban J connectivity index is 1.52. The van der Waals surface area contributed by atoms with Gasteiger partial charge in [0.2, 0.25) is 0 Å². The quantitative estimate of drug-likeness (QED) is 0.888. The molecular weight excluding hydrogens is 290 g/mol. The fourth-order valence-electron chi connectivity index (χ4n) is 2.85. The van der Waals surface area contributed by atoms with Gasteiger partial charge in [0.15, 0.2) is 0 Å². The van der Waals surface area contributed by atoms with Crippen LogP contribution in [0.5, 0.6) is 0 Å². The van der Waals surface area contributed by atoms with E-state index in [2.05, 4.69) is 39.5 Å². The fraction of sp³-hybridized carbons (Fsp3) is 0.389. The summed E-state index contributed by atoms with van der Waals surface area (Å²) in [6.07, 6.45) is 4.50. The van der Waals surface area contributed by atoms with Gasteiger partial charge in [-0.1, -0.05) is 30.3 Å². The number of carbonyl (C=O) groups is 1. The van der Waals surface area contributed by atoms with Crippen LogP contribution < -0.4 is 5.32 Å². The van der Waals surface area contributed by atoms with Crippen molar-refractivity contribution in [1.82, 2.24) is 15.2 Å². The molecule has 1 unspecified atom stereocenters. The van der Waals surface area contributed by atoms with Crippen LogP contribution in [-0.2, 0) is 11.3 Å². The van der Waals surface area contributed by atoms with Gasteiger partial charge < -0.3 is 15.0 Å². The highest BCUT2D eigenvalue weighted by Gasteiger charge is 2.19. The van der Waals surface area contributed by atoms with Crippen molar-refractivity contribution >= 4 is 5.91 Å². The predicted octanol–water partition coefficient (Wildman–Crippen LogP) is 2.04. The zero-order valence-corrected chi connectivity index (χ0v) is 13.2. The summed E-state index contributed by atoms with van der Waals surface area (Å²) in [6.45, 7) is 4.07. The van der Waals surface area contributed by atoms with E-state index in [1.54, 1.807) is 18.5 Å². The molecule has 0 saturated carbocycles. The van der Waals surface area contributed by atoms with Gasteiger partial charge in [-0.25, -0.2) is 0 Å². The van der Waals surface area contributed by atoms with Crippen LogP contribution in [0.4, 0.5) is 0 Å². The first-order valence-electron chi connectivity index (χ1n) is 8.10. The van der Waals surface area contributed by atoms with Crippen LogP contribution in [0, 0.1) is 0 Å². The molecule has 1 aromatic heterocycles. The molecule has 0 bridgehead atoms. The molecule has 1 atom stereocenters. The molecule has 5 nitrogen and oxygen atoms in total. The van der Waals surface area contributed by atoms with Crippen LogP contribution >= 0.6 is 0 Å². The lowest BCUT2D eigenvalue weighted by molar-refractivity contribution is 0.0510. The minimum Gasteiger partial charge on any atom is -0.375 e. The largest absolute Gasteiger partial charge is 0.375 e. The van der Waals surface area contributed by atoms with Crippen molar-refractivity contribution < 1.29 is 9.53 Å². The lowest BCUT2D eigenvalue weighted by Gasteiger charge is -2.24. The van der Waals surface area contributed by atoms with Crippen molar-refractivity contribution in [1.29, 1.82) is 0 Å². The summed E-state index contributed by atoms with van der Waals surface area (Å²) in [5.41, 5.74) is 1.96. The van der Waals surface area contributed by atoms with Crippen molar-refractivity contribution in [3.63, 3.8) is 0 Å². The lowest BCUT2D eigenvalue weighted by Crippen LogP contribution is -2.39. The number of carbonyl (C=O) groups excluding carboxylic acids is 1. The minimum absolute atomic E-state index is 0.0316. The molecule has 1 amide bonds. The van der Waals surface area contributed by atoms with Crippen molar-refractivity contribution in [2.75, 3.05) is 26.2 Å². The van der Waals surface area contributed by atoms with E-state index in [0.717, 1.165) is 32.7 Å². The summed E-state index contributed by atoms with van der Waals surface area (Å²) in [4.78, 5) is 17.3. The normalized spacial score (nSPS) is 19.2. The molecule has 23 heavy (non-hydrogen) atoms. The first-order chi connectivity index (χ1) is 11.3. The van der Waals surface area contributed by atoms with E-state index >= 15 is 0 Å². The van der Waals surface area contributed by atoms with E-state index in [9.17, 15) is 4.79 Å². The summed E-state index contributed by atoms with van der Waals surface area (Å²) in [7, 11) is 0. The molecule has 5 heteroatoms. The summed E-state index contributed by atoms with van der Waals surface area (Å²) >= 11 is 0. The van der Waals surface area contributed by atoms with Crippen LogP contribution in [-0.4, -0.2) is 48.1 Å². The summed E-state index contributed by atoms with van der Waals surface area (Å²) in [6, 6.07) is 12.2. The summed E-state index contributed by atoms with van der Waals surface area (Å²) < 4.78 is 5.87. The van der Waals surface area contributed by atoms with Gasteiger partial charge in [0.25, 0.3) is 5.91 Å². The minimum atomic E-state index is -0.0614. The third-order valence-corrected chi connectivity index (χ3v) is 4.03. The van der Waals surface area contributed by atoms with Gasteiger partial charge in [-0.15, -0.1) is 0 Å². The third kappa shape index (κ3) is 4.68. The van der Waals surface area contributed by atoms with Crippen LogP contribution in [0.15, 0.2) is 48.8 Å². The molecular formula is C18H23N3O2. The highest BCUT2D eigenvalue weighted by atomic mass is 16.5. The number of hydrogen-bond donors (Lipinski definition) is 2. The Morgan fingerprint density at radius 1 is 1.30 bits per heavy atom. The molecule has 1 aliphatic heterocycles. The van der Waals surface area contributed by atoms with Gasteiger partial charge in [-0.2, -0.15) is 0 Å². The Kier molecular flexibility index (Phi) is 5.45. The summed E-state index contributed by atoms with van der Waals surface area (Å²) in [5, 5.41) is 2.96. The zero-order valence-electron chi connectivity index (χ0n) is 13.2. The Morgan fingerprint density at radius 3 is 2.96 bits per heavy atom. The SMILES string of the molecule is O=C(NCC1CN(Cc2ccccc2)CCCO1)c1cc[nH]c1. The molecule has 0 radical (unpaired) electrons. The van der Waals surface area contributed by atoms with Crippen LogP contribution in [0.3, 0.4) is 0 Å². The van der Waals surface area contributed by atoms with E-state index in [1.165, 1.54) is 5.56 Å². The zero-order chi connectivity index (χ0) is 15.9. The van der Waals surface area contributed by atoms with Gasteiger partial charge in [0.05, 0.1) is 11.7 Å². The molecule has 122 valence electrons. The molecule has 1 saturated heterocycles. The molecule has 1 aromatic carbocycles. The molecule has 1 aliphatic rings. The average molecular weight is 313 g/mol. The number of hydrogen-bond acceptors (Lipinski definition) is 3. The highest BCUT2D eigenvalue weighted by Crippen LogP contribution is 2.10. The van der Waals surface area contributed by atoms with Gasteiger partial charge in [-0.05, 0) is 18.1 Å². The van der Waals surface area contributed by atoms with Crippen LogP contribution in [0.2, 0.25) is 0 Å². The maximum Gasteiger partial charge on any atom is 0.252 e. The van der Waals surface area contributed by atoms with Crippen molar-refractivity contribution in [3.8, 4) is 0 Å². The first-order valence-corrected chi connectivity index (χ1v) is 8.10. The molecule has 2 aromatic rings. The number of ether oxygens (including phenoxy) is 1. The van der Waals surface area contributed by atoms with Crippen molar-refractivity contribution in [3.05, 3.63) is 59.9 Å². The average Bonchev–Trinajstić information content (AvgIpc) is 3.02. The highest BCUT2D eigenvalue weighted by molar-refractivity contribution is 5.93. The van der Waals surface area contributed by atoms with E-state index in [-0.39, 0.29) is 12.0 Å². The lowest BCUT2D eigenvalue weighted by atomic mass is 10.2. The van der Waals surface area contributed by atoms with E-state index in [0.29, 0.717) is 12.1 Å². The van der Waals surface area contributed by atoms with E-state index < -0.39 is 0 Å². The third-order valence-electron chi connectivity index (χ3n) is 4.03. The maximum absolute atomic E-state index is 12.0. The topological polar surface area (TPSA) is 57.4 Å². The maximum atomic E-state index is 12.0. The molecule has 0 spiro atoms. The van der Waals surface area contributed by atoms with Crippen molar-refractivity contribution in [2.45, 2.75) is 19.1 Å². The number of aromatic amines is 1. The van der Waals surface area contributed by atoms with E-state index in [1.807, 2.05) is 6.07 Å².